The number of nitrogens with zero attached hydrogens (tertiary/aromatic N) is 4. The number of anilines is 1. The van der Waals surface area contributed by atoms with Crippen LogP contribution in [0.2, 0.25) is 0 Å². The fraction of sp³-hybridized carbons (Fsp3) is 0.615. The molecule has 1 unspecified atom stereocenters. The van der Waals surface area contributed by atoms with Gasteiger partial charge in [0.05, 0.1) is 26.1 Å². The number of aromatic nitrogens is 4. The average molecular weight is 277 g/mol. The van der Waals surface area contributed by atoms with Crippen LogP contribution in [0.5, 0.6) is 0 Å². The summed E-state index contributed by atoms with van der Waals surface area (Å²) in [7, 11) is 1.69. The number of H-pyrrole nitrogens is 1. The van der Waals surface area contributed by atoms with Crippen LogP contribution in [0.4, 0.5) is 5.82 Å². The summed E-state index contributed by atoms with van der Waals surface area (Å²) in [4.78, 5) is 18.1. The summed E-state index contributed by atoms with van der Waals surface area (Å²) in [6.07, 6.45) is 4.35. The Morgan fingerprint density at radius 2 is 2.30 bits per heavy atom. The van der Waals surface area contributed by atoms with E-state index in [-0.39, 0.29) is 0 Å². The molecule has 108 valence electrons. The molecule has 1 N–H and O–H groups in total. The number of methoxy groups -OCH3 is 1. The van der Waals surface area contributed by atoms with E-state index in [1.807, 2.05) is 0 Å². The lowest BCUT2D eigenvalue weighted by Crippen LogP contribution is -2.23. The van der Waals surface area contributed by atoms with Gasteiger partial charge in [-0.25, -0.2) is 15.0 Å². The van der Waals surface area contributed by atoms with Crippen LogP contribution in [-0.2, 0) is 9.47 Å². The van der Waals surface area contributed by atoms with Crippen molar-refractivity contribution in [3.8, 4) is 0 Å². The highest BCUT2D eigenvalue weighted by atomic mass is 16.5. The van der Waals surface area contributed by atoms with Gasteiger partial charge >= 0.3 is 0 Å². The lowest BCUT2D eigenvalue weighted by atomic mass is 10.1. The second-order valence-electron chi connectivity index (χ2n) is 4.97. The Morgan fingerprint density at radius 1 is 1.35 bits per heavy atom. The third-order valence-corrected chi connectivity index (χ3v) is 3.57. The van der Waals surface area contributed by atoms with Crippen LogP contribution >= 0.6 is 0 Å². The van der Waals surface area contributed by atoms with Crippen molar-refractivity contribution in [1.82, 2.24) is 19.9 Å². The first-order valence-electron chi connectivity index (χ1n) is 6.84. The summed E-state index contributed by atoms with van der Waals surface area (Å²) in [6.45, 7) is 4.03. The quantitative estimate of drug-likeness (QED) is 0.789. The van der Waals surface area contributed by atoms with Gasteiger partial charge in [-0.3, -0.25) is 0 Å². The van der Waals surface area contributed by atoms with Crippen molar-refractivity contribution in [3.05, 3.63) is 12.7 Å². The van der Waals surface area contributed by atoms with Crippen molar-refractivity contribution in [2.45, 2.75) is 6.42 Å². The summed E-state index contributed by atoms with van der Waals surface area (Å²) in [6, 6.07) is 0. The van der Waals surface area contributed by atoms with Gasteiger partial charge in [0, 0.05) is 26.1 Å². The molecule has 7 nitrogen and oxygen atoms in total. The molecule has 0 aliphatic carbocycles. The van der Waals surface area contributed by atoms with Gasteiger partial charge in [0.2, 0.25) is 0 Å². The van der Waals surface area contributed by atoms with Gasteiger partial charge in [-0.2, -0.15) is 0 Å². The molecule has 0 spiro atoms. The van der Waals surface area contributed by atoms with Crippen LogP contribution in [0.15, 0.2) is 12.7 Å². The Balaban J connectivity index is 1.61. The van der Waals surface area contributed by atoms with Crippen LogP contribution in [0.1, 0.15) is 6.42 Å². The number of hydrogen-bond acceptors (Lipinski definition) is 6. The fourth-order valence-corrected chi connectivity index (χ4v) is 2.55. The molecule has 7 heteroatoms. The summed E-state index contributed by atoms with van der Waals surface area (Å²) in [5, 5.41) is 0. The van der Waals surface area contributed by atoms with E-state index in [1.54, 1.807) is 19.8 Å². The van der Waals surface area contributed by atoms with E-state index in [0.717, 1.165) is 43.1 Å². The zero-order valence-electron chi connectivity index (χ0n) is 11.6. The Hall–Kier alpha value is -1.73. The minimum absolute atomic E-state index is 0.541. The van der Waals surface area contributed by atoms with Gasteiger partial charge in [-0.15, -0.1) is 0 Å². The third-order valence-electron chi connectivity index (χ3n) is 3.57. The molecule has 0 radical (unpaired) electrons. The maximum absolute atomic E-state index is 5.61. The van der Waals surface area contributed by atoms with Crippen LogP contribution in [0.25, 0.3) is 11.2 Å². The highest BCUT2D eigenvalue weighted by Gasteiger charge is 2.25. The molecule has 3 rings (SSSR count). The largest absolute Gasteiger partial charge is 0.382 e. The normalized spacial score (nSPS) is 19.1. The monoisotopic (exact) mass is 277 g/mol. The topological polar surface area (TPSA) is 76.2 Å². The zero-order chi connectivity index (χ0) is 13.8. The summed E-state index contributed by atoms with van der Waals surface area (Å²) in [5.74, 6) is 1.48. The van der Waals surface area contributed by atoms with Gasteiger partial charge < -0.3 is 19.4 Å². The first-order valence-corrected chi connectivity index (χ1v) is 6.84. The number of nitrogens with one attached hydrogen (secondary N) is 1. The average Bonchev–Trinajstić information content (AvgIpc) is 3.12. The maximum Gasteiger partial charge on any atom is 0.182 e. The molecule has 0 saturated carbocycles. The van der Waals surface area contributed by atoms with Gasteiger partial charge in [0.1, 0.15) is 11.8 Å². The number of ether oxygens (including phenoxy) is 2. The standard InChI is InChI=1S/C13H19N5O2/c1-19-4-5-20-7-10-2-3-18(6-10)13-11-12(15-8-14-11)16-9-17-13/h8-10H,2-7H2,1H3,(H,14,15,16,17). The predicted octanol–water partition coefficient (Wildman–Crippen LogP) is 0.842. The summed E-state index contributed by atoms with van der Waals surface area (Å²) >= 11 is 0. The Morgan fingerprint density at radius 3 is 3.20 bits per heavy atom. The molecule has 2 aromatic rings. The molecule has 1 aliphatic heterocycles. The molecule has 0 aromatic carbocycles. The Bertz CT molecular complexity index is 558. The zero-order valence-corrected chi connectivity index (χ0v) is 11.6. The minimum atomic E-state index is 0.541. The van der Waals surface area contributed by atoms with E-state index in [2.05, 4.69) is 24.8 Å². The van der Waals surface area contributed by atoms with E-state index < -0.39 is 0 Å². The molecule has 1 aliphatic rings. The lowest BCUT2D eigenvalue weighted by molar-refractivity contribution is 0.0549. The third kappa shape index (κ3) is 2.73. The predicted molar refractivity (Wildman–Crippen MR) is 74.7 cm³/mol. The number of aromatic amines is 1. The van der Waals surface area contributed by atoms with Gasteiger partial charge in [0.15, 0.2) is 11.5 Å². The maximum atomic E-state index is 5.61. The summed E-state index contributed by atoms with van der Waals surface area (Å²) in [5.41, 5.74) is 1.63. The van der Waals surface area contributed by atoms with Crippen molar-refractivity contribution >= 4 is 17.0 Å². The molecular formula is C13H19N5O2. The van der Waals surface area contributed by atoms with E-state index in [4.69, 9.17) is 9.47 Å². The lowest BCUT2D eigenvalue weighted by Gasteiger charge is -2.17. The number of hydrogen-bond donors (Lipinski definition) is 1. The highest BCUT2D eigenvalue weighted by Crippen LogP contribution is 2.26. The van der Waals surface area contributed by atoms with Crippen molar-refractivity contribution < 1.29 is 9.47 Å². The second kappa shape index (κ2) is 6.15. The van der Waals surface area contributed by atoms with Crippen molar-refractivity contribution in [3.63, 3.8) is 0 Å². The molecule has 1 atom stereocenters. The molecular weight excluding hydrogens is 258 g/mol. The van der Waals surface area contributed by atoms with Crippen molar-refractivity contribution in [2.24, 2.45) is 5.92 Å². The van der Waals surface area contributed by atoms with Crippen molar-refractivity contribution in [2.75, 3.05) is 44.9 Å². The molecule has 0 amide bonds. The molecule has 2 aromatic heterocycles. The smallest absolute Gasteiger partial charge is 0.182 e. The van der Waals surface area contributed by atoms with Gasteiger partial charge in [0.25, 0.3) is 0 Å². The highest BCUT2D eigenvalue weighted by molar-refractivity contribution is 5.82. The van der Waals surface area contributed by atoms with E-state index in [0.29, 0.717) is 19.1 Å². The van der Waals surface area contributed by atoms with Crippen LogP contribution < -0.4 is 4.90 Å². The van der Waals surface area contributed by atoms with Gasteiger partial charge in [-0.1, -0.05) is 0 Å². The summed E-state index contributed by atoms with van der Waals surface area (Å²) < 4.78 is 10.6. The van der Waals surface area contributed by atoms with Crippen LogP contribution in [0.3, 0.4) is 0 Å². The fourth-order valence-electron chi connectivity index (χ4n) is 2.55. The first kappa shape index (κ1) is 13.3. The first-order chi connectivity index (χ1) is 9.88. The van der Waals surface area contributed by atoms with E-state index >= 15 is 0 Å². The Labute approximate surface area is 117 Å². The number of fused-ring (bicyclic) bond motifs is 1. The SMILES string of the molecule is COCCOCC1CCN(c2ncnc3nc[nH]c23)C1. The van der Waals surface area contributed by atoms with Crippen molar-refractivity contribution in [1.29, 1.82) is 0 Å². The Kier molecular flexibility index (Phi) is 4.08. The molecule has 3 heterocycles. The number of imidazole rings is 1. The minimum Gasteiger partial charge on any atom is -0.382 e. The second-order valence-corrected chi connectivity index (χ2v) is 4.97. The molecule has 1 fully saturated rings. The van der Waals surface area contributed by atoms with E-state index in [9.17, 15) is 0 Å². The molecule has 0 bridgehead atoms. The number of rotatable bonds is 6. The molecule has 20 heavy (non-hydrogen) atoms. The molecule has 1 saturated heterocycles. The van der Waals surface area contributed by atoms with Gasteiger partial charge in [-0.05, 0) is 6.42 Å². The van der Waals surface area contributed by atoms with Crippen LogP contribution in [-0.4, -0.2) is 60.0 Å². The van der Waals surface area contributed by atoms with E-state index in [1.165, 1.54) is 0 Å². The van der Waals surface area contributed by atoms with Crippen LogP contribution in [0, 0.1) is 5.92 Å².